The second-order valence-corrected chi connectivity index (χ2v) is 6.15. The van der Waals surface area contributed by atoms with E-state index in [-0.39, 0.29) is 5.78 Å². The number of allylic oxidation sites excluding steroid dienone is 1. The van der Waals surface area contributed by atoms with Crippen LogP contribution in [-0.4, -0.2) is 24.6 Å². The van der Waals surface area contributed by atoms with Crippen LogP contribution in [0.5, 0.6) is 0 Å². The lowest BCUT2D eigenvalue weighted by molar-refractivity contribution is 0.103. The zero-order chi connectivity index (χ0) is 12.8. The Labute approximate surface area is 116 Å². The molecule has 0 saturated heterocycles. The molecule has 92 valence electrons. The first-order chi connectivity index (χ1) is 8.13. The van der Waals surface area contributed by atoms with Crippen LogP contribution in [0.3, 0.4) is 0 Å². The summed E-state index contributed by atoms with van der Waals surface area (Å²) in [6, 6.07) is 7.78. The number of carbonyl (C=O) groups excluding carboxylic acids is 1. The molecule has 0 aliphatic heterocycles. The van der Waals surface area contributed by atoms with Crippen molar-refractivity contribution in [1.29, 1.82) is 0 Å². The summed E-state index contributed by atoms with van der Waals surface area (Å²) < 4.78 is 1.09. The number of hydrogen-bond donors (Lipinski definition) is 0. The summed E-state index contributed by atoms with van der Waals surface area (Å²) in [5, 5.41) is 0. The van der Waals surface area contributed by atoms with Crippen molar-refractivity contribution >= 4 is 41.1 Å². The molecule has 17 heavy (non-hydrogen) atoms. The van der Waals surface area contributed by atoms with Crippen molar-refractivity contribution in [2.45, 2.75) is 11.8 Å². The molecule has 0 saturated carbocycles. The number of hydrogen-bond acceptors (Lipinski definition) is 4. The predicted octanol–water partition coefficient (Wildman–Crippen LogP) is 4.55. The summed E-state index contributed by atoms with van der Waals surface area (Å²) in [6.07, 6.45) is 6.03. The first kappa shape index (κ1) is 14.7. The molecular weight excluding hydrogens is 268 g/mol. The minimum Gasteiger partial charge on any atom is -0.289 e. The molecule has 0 bridgehead atoms. The van der Waals surface area contributed by atoms with Crippen LogP contribution < -0.4 is 0 Å². The molecule has 0 heterocycles. The van der Waals surface area contributed by atoms with Crippen LogP contribution in [0, 0.1) is 0 Å². The number of carbonyl (C=O) groups is 1. The monoisotopic (exact) mass is 284 g/mol. The fourth-order valence-corrected chi connectivity index (χ4v) is 3.31. The first-order valence-electron chi connectivity index (χ1n) is 5.11. The minimum absolute atomic E-state index is 0.122. The summed E-state index contributed by atoms with van der Waals surface area (Å²) in [4.78, 5) is 13.4. The van der Waals surface area contributed by atoms with Crippen LogP contribution in [0.15, 0.2) is 39.0 Å². The van der Waals surface area contributed by atoms with Gasteiger partial charge >= 0.3 is 0 Å². The molecule has 0 N–H and O–H groups in total. The van der Waals surface area contributed by atoms with Crippen molar-refractivity contribution in [3.05, 3.63) is 39.6 Å². The van der Waals surface area contributed by atoms with Gasteiger partial charge < -0.3 is 0 Å². The fraction of sp³-hybridized carbons (Fsp3) is 0.308. The van der Waals surface area contributed by atoms with E-state index in [4.69, 9.17) is 0 Å². The van der Waals surface area contributed by atoms with Gasteiger partial charge in [0, 0.05) is 20.3 Å². The van der Waals surface area contributed by atoms with Crippen LogP contribution in [0.4, 0.5) is 0 Å². The Morgan fingerprint density at radius 2 is 1.53 bits per heavy atom. The van der Waals surface area contributed by atoms with Gasteiger partial charge in [-0.05, 0) is 50.0 Å². The highest BCUT2D eigenvalue weighted by atomic mass is 32.2. The van der Waals surface area contributed by atoms with E-state index in [0.717, 1.165) is 15.4 Å². The molecule has 0 spiro atoms. The number of ketones is 1. The summed E-state index contributed by atoms with van der Waals surface area (Å²) in [6.45, 7) is 1.90. The lowest BCUT2D eigenvalue weighted by Gasteiger charge is -2.07. The Hall–Kier alpha value is -0.320. The molecule has 1 rings (SSSR count). The maximum absolute atomic E-state index is 12.2. The van der Waals surface area contributed by atoms with Gasteiger partial charge in [-0.1, -0.05) is 0 Å². The molecule has 0 fully saturated rings. The van der Waals surface area contributed by atoms with Crippen molar-refractivity contribution in [3.8, 4) is 0 Å². The quantitative estimate of drug-likeness (QED) is 0.448. The van der Waals surface area contributed by atoms with Crippen molar-refractivity contribution in [3.63, 3.8) is 0 Å². The molecule has 0 aliphatic carbocycles. The van der Waals surface area contributed by atoms with E-state index in [1.165, 1.54) is 4.90 Å². The Morgan fingerprint density at radius 1 is 1.00 bits per heavy atom. The summed E-state index contributed by atoms with van der Waals surface area (Å²) in [7, 11) is 0. The molecular formula is C13H16OS3. The van der Waals surface area contributed by atoms with Gasteiger partial charge in [-0.15, -0.1) is 35.3 Å². The maximum Gasteiger partial charge on any atom is 0.190 e. The smallest absolute Gasteiger partial charge is 0.190 e. The standard InChI is InChI=1S/C13H16OS3/c1-9(13(16-3)17-4)12(14)10-5-7-11(15-2)8-6-10/h5-8H,1-4H3. The highest BCUT2D eigenvalue weighted by Crippen LogP contribution is 2.29. The van der Waals surface area contributed by atoms with E-state index in [2.05, 4.69) is 0 Å². The predicted molar refractivity (Wildman–Crippen MR) is 82.3 cm³/mol. The van der Waals surface area contributed by atoms with Crippen LogP contribution in [0.25, 0.3) is 0 Å². The lowest BCUT2D eigenvalue weighted by atomic mass is 10.1. The van der Waals surface area contributed by atoms with Crippen molar-refractivity contribution < 1.29 is 4.79 Å². The average Bonchev–Trinajstić information content (AvgIpc) is 2.39. The van der Waals surface area contributed by atoms with Crippen LogP contribution in [0.2, 0.25) is 0 Å². The van der Waals surface area contributed by atoms with E-state index in [1.807, 2.05) is 50.0 Å². The minimum atomic E-state index is 0.122. The van der Waals surface area contributed by atoms with Gasteiger partial charge in [0.2, 0.25) is 0 Å². The molecule has 4 heteroatoms. The molecule has 1 nitrogen and oxygen atoms in total. The zero-order valence-electron chi connectivity index (χ0n) is 10.4. The van der Waals surface area contributed by atoms with Gasteiger partial charge in [-0.25, -0.2) is 0 Å². The van der Waals surface area contributed by atoms with Gasteiger partial charge in [-0.3, -0.25) is 4.79 Å². The highest BCUT2D eigenvalue weighted by Gasteiger charge is 2.12. The Morgan fingerprint density at radius 3 is 1.94 bits per heavy atom. The molecule has 1 aromatic carbocycles. The second kappa shape index (κ2) is 7.19. The van der Waals surface area contributed by atoms with Crippen molar-refractivity contribution in [2.75, 3.05) is 18.8 Å². The molecule has 0 atom stereocenters. The Bertz CT molecular complexity index is 415. The summed E-state index contributed by atoms with van der Waals surface area (Å²) in [5.41, 5.74) is 1.60. The van der Waals surface area contributed by atoms with E-state index in [0.29, 0.717) is 0 Å². The Balaban J connectivity index is 2.99. The normalized spacial score (nSPS) is 10.1. The van der Waals surface area contributed by atoms with Gasteiger partial charge in [0.25, 0.3) is 0 Å². The number of Topliss-reactive ketones (excluding diaryl/α,β-unsaturated/α-hetero) is 1. The lowest BCUT2D eigenvalue weighted by Crippen LogP contribution is -2.01. The second-order valence-electron chi connectivity index (χ2n) is 3.38. The van der Waals surface area contributed by atoms with Crippen molar-refractivity contribution in [2.24, 2.45) is 0 Å². The molecule has 0 unspecified atom stereocenters. The van der Waals surface area contributed by atoms with E-state index in [1.54, 1.807) is 35.3 Å². The fourth-order valence-electron chi connectivity index (χ4n) is 1.44. The highest BCUT2D eigenvalue weighted by molar-refractivity contribution is 8.21. The van der Waals surface area contributed by atoms with Crippen LogP contribution in [-0.2, 0) is 0 Å². The van der Waals surface area contributed by atoms with E-state index < -0.39 is 0 Å². The first-order valence-corrected chi connectivity index (χ1v) is 8.79. The number of thioether (sulfide) groups is 3. The molecule has 0 aromatic heterocycles. The SMILES string of the molecule is CSC(SC)=C(C)C(=O)c1ccc(SC)cc1. The number of rotatable bonds is 5. The molecule has 0 radical (unpaired) electrons. The van der Waals surface area contributed by atoms with Gasteiger partial charge in [0.05, 0.1) is 0 Å². The Kier molecular flexibility index (Phi) is 6.23. The number of benzene rings is 1. The van der Waals surface area contributed by atoms with Gasteiger partial charge in [0.1, 0.15) is 0 Å². The van der Waals surface area contributed by atoms with E-state index in [9.17, 15) is 4.79 Å². The zero-order valence-corrected chi connectivity index (χ0v) is 12.9. The maximum atomic E-state index is 12.2. The van der Waals surface area contributed by atoms with Crippen molar-refractivity contribution in [1.82, 2.24) is 0 Å². The molecule has 1 aromatic rings. The largest absolute Gasteiger partial charge is 0.289 e. The van der Waals surface area contributed by atoms with Crippen LogP contribution >= 0.6 is 35.3 Å². The van der Waals surface area contributed by atoms with Gasteiger partial charge in [0.15, 0.2) is 5.78 Å². The third-order valence-electron chi connectivity index (χ3n) is 2.37. The topological polar surface area (TPSA) is 17.1 Å². The third-order valence-corrected chi connectivity index (χ3v) is 5.47. The third kappa shape index (κ3) is 3.83. The van der Waals surface area contributed by atoms with Gasteiger partial charge in [-0.2, -0.15) is 0 Å². The van der Waals surface area contributed by atoms with Crippen LogP contribution in [0.1, 0.15) is 17.3 Å². The molecule has 0 aliphatic rings. The summed E-state index contributed by atoms with van der Waals surface area (Å²) in [5.74, 6) is 0.122. The molecule has 0 amide bonds. The summed E-state index contributed by atoms with van der Waals surface area (Å²) >= 11 is 4.93. The van der Waals surface area contributed by atoms with E-state index >= 15 is 0 Å². The average molecular weight is 284 g/mol.